The third-order valence-electron chi connectivity index (χ3n) is 3.34. The molecular formula is C15H13FN6O. The van der Waals surface area contributed by atoms with Crippen molar-refractivity contribution in [3.8, 4) is 0 Å². The molecule has 2 aromatic carbocycles. The Balaban J connectivity index is 1.98. The van der Waals surface area contributed by atoms with Crippen LogP contribution in [0.15, 0.2) is 47.8 Å². The lowest BCUT2D eigenvalue weighted by Crippen LogP contribution is -2.15. The van der Waals surface area contributed by atoms with E-state index in [2.05, 4.69) is 15.3 Å². The average Bonchev–Trinajstić information content (AvgIpc) is 2.52. The van der Waals surface area contributed by atoms with E-state index in [9.17, 15) is 9.30 Å². The average molecular weight is 312 g/mol. The van der Waals surface area contributed by atoms with Crippen LogP contribution in [0.4, 0.5) is 21.8 Å². The maximum absolute atomic E-state index is 13.3. The van der Waals surface area contributed by atoms with Gasteiger partial charge in [-0.3, -0.25) is 0 Å². The largest absolute Gasteiger partial charge is 0.383 e. The van der Waals surface area contributed by atoms with Crippen LogP contribution in [0.2, 0.25) is 0 Å². The second-order valence-corrected chi connectivity index (χ2v) is 4.94. The molecule has 3 rings (SSSR count). The molecule has 4 N–H and O–H groups in total. The van der Waals surface area contributed by atoms with Crippen LogP contribution < -0.4 is 16.5 Å². The standard InChI is InChI=1S/C15H13FN6O/c16-10-3-1-2-9(6-10)8-22(21-23)11-4-5-13-12(7-11)14(17)20-15(18)19-13/h1-7H,8H2,(H4,17,18,19,20). The normalized spacial score (nSPS) is 10.7. The number of rotatable bonds is 4. The first-order chi connectivity index (χ1) is 11.1. The summed E-state index contributed by atoms with van der Waals surface area (Å²) < 4.78 is 13.3. The summed E-state index contributed by atoms with van der Waals surface area (Å²) in [4.78, 5) is 19.1. The van der Waals surface area contributed by atoms with Crippen molar-refractivity contribution in [2.75, 3.05) is 16.5 Å². The van der Waals surface area contributed by atoms with E-state index in [1.807, 2.05) is 0 Å². The van der Waals surface area contributed by atoms with Crippen molar-refractivity contribution in [1.82, 2.24) is 9.97 Å². The van der Waals surface area contributed by atoms with E-state index in [1.54, 1.807) is 30.3 Å². The number of nitroso groups, excluding NO2 is 1. The van der Waals surface area contributed by atoms with Crippen molar-refractivity contribution >= 4 is 28.4 Å². The van der Waals surface area contributed by atoms with Gasteiger partial charge in [0.2, 0.25) is 5.95 Å². The van der Waals surface area contributed by atoms with Crippen LogP contribution in [0.3, 0.4) is 0 Å². The van der Waals surface area contributed by atoms with Crippen LogP contribution in [-0.4, -0.2) is 9.97 Å². The van der Waals surface area contributed by atoms with Gasteiger partial charge in [-0.15, -0.1) is 4.91 Å². The van der Waals surface area contributed by atoms with E-state index >= 15 is 0 Å². The monoisotopic (exact) mass is 312 g/mol. The molecule has 0 aliphatic carbocycles. The third-order valence-corrected chi connectivity index (χ3v) is 3.34. The van der Waals surface area contributed by atoms with Gasteiger partial charge < -0.3 is 11.5 Å². The van der Waals surface area contributed by atoms with Gasteiger partial charge >= 0.3 is 0 Å². The molecule has 23 heavy (non-hydrogen) atoms. The minimum absolute atomic E-state index is 0.0767. The Bertz CT molecular complexity index is 885. The van der Waals surface area contributed by atoms with Crippen molar-refractivity contribution in [3.05, 3.63) is 58.8 Å². The quantitative estimate of drug-likeness (QED) is 0.566. The molecular weight excluding hydrogens is 299 g/mol. The molecule has 0 bridgehead atoms. The molecule has 0 saturated carbocycles. The highest BCUT2D eigenvalue weighted by Gasteiger charge is 2.11. The summed E-state index contributed by atoms with van der Waals surface area (Å²) in [6.07, 6.45) is 0. The fraction of sp³-hybridized carbons (Fsp3) is 0.0667. The molecule has 8 heteroatoms. The molecule has 0 aliphatic rings. The fourth-order valence-electron chi connectivity index (χ4n) is 2.29. The van der Waals surface area contributed by atoms with E-state index in [4.69, 9.17) is 11.5 Å². The van der Waals surface area contributed by atoms with Gasteiger partial charge in [-0.1, -0.05) is 12.1 Å². The number of aromatic nitrogens is 2. The molecule has 3 aromatic rings. The van der Waals surface area contributed by atoms with Crippen molar-refractivity contribution in [2.45, 2.75) is 6.54 Å². The van der Waals surface area contributed by atoms with Crippen molar-refractivity contribution < 1.29 is 4.39 Å². The predicted octanol–water partition coefficient (Wildman–Crippen LogP) is 2.62. The predicted molar refractivity (Wildman–Crippen MR) is 86.7 cm³/mol. The highest BCUT2D eigenvalue weighted by molar-refractivity contribution is 5.91. The second-order valence-electron chi connectivity index (χ2n) is 4.94. The zero-order valence-electron chi connectivity index (χ0n) is 12.0. The van der Waals surface area contributed by atoms with Gasteiger partial charge in [0.1, 0.15) is 11.6 Å². The molecule has 0 amide bonds. The van der Waals surface area contributed by atoms with Crippen molar-refractivity contribution in [3.63, 3.8) is 0 Å². The minimum Gasteiger partial charge on any atom is -0.383 e. The summed E-state index contributed by atoms with van der Waals surface area (Å²) in [5.74, 6) is -0.0844. The summed E-state index contributed by atoms with van der Waals surface area (Å²) in [5, 5.41) is 4.75. The molecule has 0 unspecified atom stereocenters. The maximum Gasteiger partial charge on any atom is 0.222 e. The highest BCUT2D eigenvalue weighted by atomic mass is 19.1. The van der Waals surface area contributed by atoms with Crippen LogP contribution in [0.1, 0.15) is 5.56 Å². The maximum atomic E-state index is 13.3. The van der Waals surface area contributed by atoms with E-state index in [1.165, 1.54) is 17.1 Å². The summed E-state index contributed by atoms with van der Waals surface area (Å²) >= 11 is 0. The van der Waals surface area contributed by atoms with Crippen LogP contribution in [0.25, 0.3) is 10.9 Å². The van der Waals surface area contributed by atoms with Gasteiger partial charge in [-0.2, -0.15) is 4.98 Å². The number of halogens is 1. The summed E-state index contributed by atoms with van der Waals surface area (Å²) in [6.45, 7) is 0.127. The SMILES string of the molecule is Nc1nc(N)c2cc(N(Cc3cccc(F)c3)N=O)ccc2n1. The van der Waals surface area contributed by atoms with Gasteiger partial charge in [0, 0.05) is 5.39 Å². The lowest BCUT2D eigenvalue weighted by molar-refractivity contribution is 0.624. The topological polar surface area (TPSA) is 110 Å². The van der Waals surface area contributed by atoms with E-state index < -0.39 is 0 Å². The Kier molecular flexibility index (Phi) is 3.71. The number of benzene rings is 2. The minimum atomic E-state index is -0.375. The molecule has 7 nitrogen and oxygen atoms in total. The van der Waals surface area contributed by atoms with E-state index in [0.717, 1.165) is 0 Å². The van der Waals surface area contributed by atoms with E-state index in [-0.39, 0.29) is 24.1 Å². The molecule has 1 heterocycles. The van der Waals surface area contributed by atoms with Gasteiger partial charge in [0.25, 0.3) is 0 Å². The lowest BCUT2D eigenvalue weighted by Gasteiger charge is -2.16. The van der Waals surface area contributed by atoms with Crippen molar-refractivity contribution in [2.24, 2.45) is 5.29 Å². The summed E-state index contributed by atoms with van der Waals surface area (Å²) in [6, 6.07) is 10.9. The molecule has 0 atom stereocenters. The molecule has 1 aromatic heterocycles. The molecule has 0 saturated heterocycles. The number of nitrogens with two attached hydrogens (primary N) is 2. The Morgan fingerprint density at radius 2 is 1.96 bits per heavy atom. The Hall–Kier alpha value is -3.29. The number of nitrogens with zero attached hydrogens (tertiary/aromatic N) is 4. The number of anilines is 3. The Morgan fingerprint density at radius 1 is 1.13 bits per heavy atom. The smallest absolute Gasteiger partial charge is 0.222 e. The van der Waals surface area contributed by atoms with Crippen LogP contribution in [-0.2, 0) is 6.54 Å². The van der Waals surface area contributed by atoms with Crippen LogP contribution in [0, 0.1) is 10.7 Å². The highest BCUT2D eigenvalue weighted by Crippen LogP contribution is 2.26. The summed E-state index contributed by atoms with van der Waals surface area (Å²) in [5.41, 5.74) is 13.1. The molecule has 0 fully saturated rings. The second kappa shape index (κ2) is 5.84. The molecule has 0 radical (unpaired) electrons. The first-order valence-electron chi connectivity index (χ1n) is 6.75. The van der Waals surface area contributed by atoms with Crippen LogP contribution >= 0.6 is 0 Å². The fourth-order valence-corrected chi connectivity index (χ4v) is 2.29. The zero-order valence-corrected chi connectivity index (χ0v) is 12.0. The molecule has 0 aliphatic heterocycles. The molecule has 0 spiro atoms. The third kappa shape index (κ3) is 3.00. The van der Waals surface area contributed by atoms with Gasteiger partial charge in [-0.05, 0) is 35.9 Å². The van der Waals surface area contributed by atoms with Gasteiger partial charge in [0.15, 0.2) is 0 Å². The van der Waals surface area contributed by atoms with Gasteiger partial charge in [-0.25, -0.2) is 14.4 Å². The van der Waals surface area contributed by atoms with Crippen molar-refractivity contribution in [1.29, 1.82) is 0 Å². The lowest BCUT2D eigenvalue weighted by atomic mass is 10.1. The molecule has 116 valence electrons. The zero-order chi connectivity index (χ0) is 16.4. The number of fused-ring (bicyclic) bond motifs is 1. The number of hydrogen-bond donors (Lipinski definition) is 2. The Morgan fingerprint density at radius 3 is 2.70 bits per heavy atom. The number of hydrogen-bond acceptors (Lipinski definition) is 6. The first kappa shape index (κ1) is 14.6. The first-order valence-corrected chi connectivity index (χ1v) is 6.75. The Labute approximate surface area is 130 Å². The number of nitrogen functional groups attached to an aromatic ring is 2. The van der Waals surface area contributed by atoms with E-state index in [0.29, 0.717) is 22.2 Å². The van der Waals surface area contributed by atoms with Gasteiger partial charge in [0.05, 0.1) is 23.0 Å². The summed E-state index contributed by atoms with van der Waals surface area (Å²) in [7, 11) is 0. The van der Waals surface area contributed by atoms with Crippen LogP contribution in [0.5, 0.6) is 0 Å².